The zero-order valence-corrected chi connectivity index (χ0v) is 16.1. The largest absolute Gasteiger partial charge is 0.290 e. The Morgan fingerprint density at radius 2 is 1.50 bits per heavy atom. The van der Waals surface area contributed by atoms with Gasteiger partial charge in [0.05, 0.1) is 5.39 Å². The lowest BCUT2D eigenvalue weighted by atomic mass is 9.87. The molecular weight excluding hydrogens is 292 g/mol. The van der Waals surface area contributed by atoms with Gasteiger partial charge in [0.1, 0.15) is 10.7 Å². The summed E-state index contributed by atoms with van der Waals surface area (Å²) in [5, 5.41) is 2.89. The van der Waals surface area contributed by atoms with Gasteiger partial charge in [0.2, 0.25) is 0 Å². The van der Waals surface area contributed by atoms with Crippen LogP contribution in [0.25, 0.3) is 10.2 Å². The predicted molar refractivity (Wildman–Crippen MR) is 96.3 cm³/mol. The van der Waals surface area contributed by atoms with Crippen molar-refractivity contribution in [2.75, 3.05) is 0 Å². The van der Waals surface area contributed by atoms with E-state index in [0.29, 0.717) is 0 Å². The molecule has 0 N–H and O–H groups in total. The highest BCUT2D eigenvalue weighted by Gasteiger charge is 2.31. The van der Waals surface area contributed by atoms with Gasteiger partial charge in [-0.05, 0) is 37.1 Å². The SMILES string of the molecule is CC(C)(C)c1csc2nc(C(C)(C)C)n(C(C)(C)C)c(=O)c12. The maximum Gasteiger partial charge on any atom is 0.263 e. The Morgan fingerprint density at radius 1 is 0.955 bits per heavy atom. The minimum atomic E-state index is -0.294. The number of nitrogens with zero attached hydrogens (tertiary/aromatic N) is 2. The minimum absolute atomic E-state index is 0.0575. The van der Waals surface area contributed by atoms with Gasteiger partial charge in [0, 0.05) is 11.0 Å². The second kappa shape index (κ2) is 4.92. The zero-order valence-electron chi connectivity index (χ0n) is 15.3. The lowest BCUT2D eigenvalue weighted by Crippen LogP contribution is -2.41. The molecule has 0 aliphatic rings. The van der Waals surface area contributed by atoms with Crippen LogP contribution in [-0.2, 0) is 16.4 Å². The van der Waals surface area contributed by atoms with E-state index in [2.05, 4.69) is 67.7 Å². The topological polar surface area (TPSA) is 34.9 Å². The first-order valence-corrected chi connectivity index (χ1v) is 8.68. The molecule has 2 rings (SSSR count). The van der Waals surface area contributed by atoms with Crippen molar-refractivity contribution in [3.05, 3.63) is 27.1 Å². The van der Waals surface area contributed by atoms with Crippen LogP contribution in [0.1, 0.15) is 73.7 Å². The van der Waals surface area contributed by atoms with Crippen LogP contribution in [0.5, 0.6) is 0 Å². The van der Waals surface area contributed by atoms with E-state index < -0.39 is 0 Å². The van der Waals surface area contributed by atoms with Gasteiger partial charge in [-0.3, -0.25) is 9.36 Å². The first-order chi connectivity index (χ1) is 9.74. The highest BCUT2D eigenvalue weighted by Crippen LogP contribution is 2.34. The number of rotatable bonds is 0. The second-order valence-corrected chi connectivity index (χ2v) is 9.93. The summed E-state index contributed by atoms with van der Waals surface area (Å²) >= 11 is 1.58. The molecule has 0 aromatic carbocycles. The highest BCUT2D eigenvalue weighted by molar-refractivity contribution is 7.16. The summed E-state index contributed by atoms with van der Waals surface area (Å²) in [6, 6.07) is 0. The molecule has 0 saturated heterocycles. The van der Waals surface area contributed by atoms with Crippen molar-refractivity contribution < 1.29 is 0 Å². The second-order valence-electron chi connectivity index (χ2n) is 9.08. The van der Waals surface area contributed by atoms with Crippen LogP contribution in [0.3, 0.4) is 0 Å². The fraction of sp³-hybridized carbons (Fsp3) is 0.667. The third-order valence-corrected chi connectivity index (χ3v) is 4.63. The summed E-state index contributed by atoms with van der Waals surface area (Å²) in [6.45, 7) is 19.0. The summed E-state index contributed by atoms with van der Waals surface area (Å²) < 4.78 is 1.89. The molecular formula is C18H28N2OS. The molecule has 0 saturated carbocycles. The highest BCUT2D eigenvalue weighted by atomic mass is 32.1. The molecule has 0 bridgehead atoms. The van der Waals surface area contributed by atoms with Crippen molar-refractivity contribution in [2.45, 2.75) is 78.7 Å². The molecule has 0 amide bonds. The van der Waals surface area contributed by atoms with Crippen molar-refractivity contribution in [3.8, 4) is 0 Å². The first-order valence-electron chi connectivity index (χ1n) is 7.80. The molecule has 0 fully saturated rings. The summed E-state index contributed by atoms with van der Waals surface area (Å²) in [6.07, 6.45) is 0. The third-order valence-electron chi connectivity index (χ3n) is 3.76. The van der Waals surface area contributed by atoms with Crippen molar-refractivity contribution in [3.63, 3.8) is 0 Å². The van der Waals surface area contributed by atoms with Crippen molar-refractivity contribution >= 4 is 21.6 Å². The van der Waals surface area contributed by atoms with Crippen molar-refractivity contribution in [1.82, 2.24) is 9.55 Å². The molecule has 0 radical (unpaired) electrons. The molecule has 0 unspecified atom stereocenters. The molecule has 0 atom stereocenters. The van der Waals surface area contributed by atoms with Gasteiger partial charge in [-0.2, -0.15) is 0 Å². The normalized spacial score (nSPS) is 13.9. The number of hydrogen-bond acceptors (Lipinski definition) is 3. The maximum atomic E-state index is 13.3. The molecule has 2 aromatic heterocycles. The lowest BCUT2D eigenvalue weighted by molar-refractivity contribution is 0.338. The molecule has 0 spiro atoms. The van der Waals surface area contributed by atoms with Crippen LogP contribution in [-0.4, -0.2) is 9.55 Å². The van der Waals surface area contributed by atoms with Gasteiger partial charge < -0.3 is 0 Å². The monoisotopic (exact) mass is 320 g/mol. The summed E-state index contributed by atoms with van der Waals surface area (Å²) in [5.41, 5.74) is 0.666. The molecule has 22 heavy (non-hydrogen) atoms. The summed E-state index contributed by atoms with van der Waals surface area (Å²) in [7, 11) is 0. The van der Waals surface area contributed by atoms with Gasteiger partial charge in [0.15, 0.2) is 0 Å². The van der Waals surface area contributed by atoms with Crippen molar-refractivity contribution in [2.24, 2.45) is 0 Å². The fourth-order valence-electron chi connectivity index (χ4n) is 2.67. The molecule has 4 heteroatoms. The average molecular weight is 321 g/mol. The summed E-state index contributed by atoms with van der Waals surface area (Å²) in [4.78, 5) is 19.1. The quantitative estimate of drug-likeness (QED) is 0.698. The number of thiophene rings is 1. The van der Waals surface area contributed by atoms with E-state index in [0.717, 1.165) is 21.6 Å². The van der Waals surface area contributed by atoms with E-state index in [4.69, 9.17) is 4.98 Å². The molecule has 2 heterocycles. The van der Waals surface area contributed by atoms with Gasteiger partial charge in [0.25, 0.3) is 5.56 Å². The molecule has 3 nitrogen and oxygen atoms in total. The first kappa shape index (κ1) is 17.2. The van der Waals surface area contributed by atoms with E-state index in [1.54, 1.807) is 11.3 Å². The molecule has 0 aliphatic heterocycles. The van der Waals surface area contributed by atoms with Crippen LogP contribution in [0, 0.1) is 0 Å². The minimum Gasteiger partial charge on any atom is -0.290 e. The average Bonchev–Trinajstić information content (AvgIpc) is 2.69. The summed E-state index contributed by atoms with van der Waals surface area (Å²) in [5.74, 6) is 0.861. The Hall–Kier alpha value is -1.16. The van der Waals surface area contributed by atoms with Gasteiger partial charge in [-0.1, -0.05) is 41.5 Å². The van der Waals surface area contributed by atoms with Crippen LogP contribution in [0.15, 0.2) is 10.2 Å². The Kier molecular flexibility index (Phi) is 3.84. The Balaban J connectivity index is 3.01. The van der Waals surface area contributed by atoms with Gasteiger partial charge >= 0.3 is 0 Å². The number of aromatic nitrogens is 2. The Bertz CT molecular complexity index is 762. The van der Waals surface area contributed by atoms with E-state index in [1.165, 1.54) is 0 Å². The maximum absolute atomic E-state index is 13.3. The van der Waals surface area contributed by atoms with Crippen LogP contribution < -0.4 is 5.56 Å². The zero-order chi connectivity index (χ0) is 17.1. The predicted octanol–water partition coefficient (Wildman–Crippen LogP) is 4.81. The molecule has 122 valence electrons. The van der Waals surface area contributed by atoms with Crippen LogP contribution in [0.4, 0.5) is 0 Å². The standard InChI is InChI=1S/C18H28N2OS/c1-16(2,3)11-10-22-13-12(11)14(21)20(18(7,8)9)15(19-13)17(4,5)6/h10H,1-9H3. The number of hydrogen-bond donors (Lipinski definition) is 0. The Labute approximate surface area is 137 Å². The van der Waals surface area contributed by atoms with E-state index in [9.17, 15) is 4.79 Å². The lowest BCUT2D eigenvalue weighted by Gasteiger charge is -2.31. The van der Waals surface area contributed by atoms with E-state index in [1.807, 2.05) is 4.57 Å². The van der Waals surface area contributed by atoms with E-state index in [-0.39, 0.29) is 21.9 Å². The van der Waals surface area contributed by atoms with Crippen LogP contribution >= 0.6 is 11.3 Å². The van der Waals surface area contributed by atoms with Crippen LogP contribution in [0.2, 0.25) is 0 Å². The Morgan fingerprint density at radius 3 is 1.91 bits per heavy atom. The van der Waals surface area contributed by atoms with Crippen molar-refractivity contribution in [1.29, 1.82) is 0 Å². The van der Waals surface area contributed by atoms with E-state index >= 15 is 0 Å². The molecule has 2 aromatic rings. The fourth-order valence-corrected chi connectivity index (χ4v) is 3.82. The number of fused-ring (bicyclic) bond motifs is 1. The molecule has 0 aliphatic carbocycles. The van der Waals surface area contributed by atoms with Gasteiger partial charge in [-0.25, -0.2) is 4.98 Å². The van der Waals surface area contributed by atoms with Gasteiger partial charge in [-0.15, -0.1) is 11.3 Å². The third kappa shape index (κ3) is 2.85. The smallest absolute Gasteiger partial charge is 0.263 e.